The Bertz CT molecular complexity index is 882. The van der Waals surface area contributed by atoms with Crippen molar-refractivity contribution in [1.82, 2.24) is 9.29 Å². The molecule has 1 heterocycles. The van der Waals surface area contributed by atoms with E-state index in [1.165, 1.54) is 23.5 Å². The van der Waals surface area contributed by atoms with Crippen LogP contribution in [-0.4, -0.2) is 35.8 Å². The summed E-state index contributed by atoms with van der Waals surface area (Å²) in [5.74, 6) is -0.0361. The zero-order chi connectivity index (χ0) is 18.0. The Kier molecular flexibility index (Phi) is 4.69. The van der Waals surface area contributed by atoms with Crippen LogP contribution in [0.4, 0.5) is 5.69 Å². The van der Waals surface area contributed by atoms with Crippen LogP contribution in [-0.2, 0) is 16.6 Å². The van der Waals surface area contributed by atoms with Crippen LogP contribution in [0.25, 0.3) is 0 Å². The van der Waals surface area contributed by atoms with Gasteiger partial charge in [0, 0.05) is 31.0 Å². The van der Waals surface area contributed by atoms with Gasteiger partial charge in [0.15, 0.2) is 0 Å². The van der Waals surface area contributed by atoms with Gasteiger partial charge in [-0.1, -0.05) is 6.07 Å². The number of pyridine rings is 1. The molecule has 1 aromatic heterocycles. The number of ether oxygens (including phenoxy) is 1. The van der Waals surface area contributed by atoms with E-state index in [1.54, 1.807) is 18.5 Å². The van der Waals surface area contributed by atoms with Gasteiger partial charge in [-0.25, -0.2) is 8.42 Å². The maximum atomic E-state index is 13.1. The third kappa shape index (κ3) is 3.62. The molecule has 0 saturated heterocycles. The molecule has 0 unspecified atom stereocenters. The Morgan fingerprint density at radius 3 is 2.68 bits per heavy atom. The third-order valence-corrected chi connectivity index (χ3v) is 5.90. The molecule has 0 bridgehead atoms. The standard InChI is InChI=1S/C16H17N3O5S/c1-24-15-9-14(19(20)21)6-7-16(15)25(22,23)18(13-4-5-13)11-12-3-2-8-17-10-12/h2-3,6-10,13H,4-5,11H2,1H3. The van der Waals surface area contributed by atoms with Gasteiger partial charge in [-0.15, -0.1) is 0 Å². The van der Waals surface area contributed by atoms with Gasteiger partial charge in [-0.3, -0.25) is 15.1 Å². The highest BCUT2D eigenvalue weighted by molar-refractivity contribution is 7.89. The van der Waals surface area contributed by atoms with Gasteiger partial charge in [0.1, 0.15) is 10.6 Å². The van der Waals surface area contributed by atoms with E-state index in [-0.39, 0.29) is 28.9 Å². The normalized spacial score (nSPS) is 14.5. The van der Waals surface area contributed by atoms with E-state index in [4.69, 9.17) is 4.74 Å². The van der Waals surface area contributed by atoms with Crippen LogP contribution in [0.1, 0.15) is 18.4 Å². The van der Waals surface area contributed by atoms with Gasteiger partial charge < -0.3 is 4.74 Å². The van der Waals surface area contributed by atoms with Gasteiger partial charge in [0.05, 0.1) is 18.1 Å². The number of nitrogens with zero attached hydrogens (tertiary/aromatic N) is 3. The first-order valence-corrected chi connectivity index (χ1v) is 9.10. The lowest BCUT2D eigenvalue weighted by molar-refractivity contribution is -0.385. The highest BCUT2D eigenvalue weighted by Gasteiger charge is 2.39. The molecule has 0 N–H and O–H groups in total. The highest BCUT2D eigenvalue weighted by Crippen LogP contribution is 2.37. The number of sulfonamides is 1. The Morgan fingerprint density at radius 2 is 2.12 bits per heavy atom. The van der Waals surface area contributed by atoms with E-state index in [1.807, 2.05) is 6.07 Å². The average molecular weight is 363 g/mol. The van der Waals surface area contributed by atoms with Crippen molar-refractivity contribution in [3.05, 3.63) is 58.4 Å². The predicted octanol–water partition coefficient (Wildman–Crippen LogP) is 2.35. The average Bonchev–Trinajstić information content (AvgIpc) is 3.44. The van der Waals surface area contributed by atoms with Gasteiger partial charge >= 0.3 is 0 Å². The van der Waals surface area contributed by atoms with Crippen LogP contribution in [0.15, 0.2) is 47.6 Å². The minimum absolute atomic E-state index is 0.0361. The molecule has 9 heteroatoms. The molecule has 1 aromatic carbocycles. The summed E-state index contributed by atoms with van der Waals surface area (Å²) in [6.45, 7) is 0.195. The molecule has 3 rings (SSSR count). The van der Waals surface area contributed by atoms with Crippen LogP contribution in [0, 0.1) is 10.1 Å². The summed E-state index contributed by atoms with van der Waals surface area (Å²) in [7, 11) is -2.57. The number of benzene rings is 1. The van der Waals surface area contributed by atoms with Gasteiger partial charge in [-0.05, 0) is 30.5 Å². The van der Waals surface area contributed by atoms with E-state index < -0.39 is 14.9 Å². The second-order valence-corrected chi connectivity index (χ2v) is 7.59. The Balaban J connectivity index is 1.99. The van der Waals surface area contributed by atoms with E-state index >= 15 is 0 Å². The Morgan fingerprint density at radius 1 is 1.36 bits per heavy atom. The molecule has 8 nitrogen and oxygen atoms in total. The zero-order valence-electron chi connectivity index (χ0n) is 13.5. The molecule has 1 fully saturated rings. The lowest BCUT2D eigenvalue weighted by Crippen LogP contribution is -2.33. The third-order valence-electron chi connectivity index (χ3n) is 3.96. The van der Waals surface area contributed by atoms with Gasteiger partial charge in [-0.2, -0.15) is 4.31 Å². The van der Waals surface area contributed by atoms with Crippen LogP contribution >= 0.6 is 0 Å². The minimum Gasteiger partial charge on any atom is -0.495 e. The first-order valence-electron chi connectivity index (χ1n) is 7.66. The number of nitro benzene ring substituents is 1. The second-order valence-electron chi connectivity index (χ2n) is 5.73. The first-order chi connectivity index (χ1) is 11.9. The van der Waals surface area contributed by atoms with Crippen molar-refractivity contribution < 1.29 is 18.1 Å². The van der Waals surface area contributed by atoms with Crippen molar-refractivity contribution in [3.63, 3.8) is 0 Å². The van der Waals surface area contributed by atoms with Crippen molar-refractivity contribution in [1.29, 1.82) is 0 Å². The lowest BCUT2D eigenvalue weighted by atomic mass is 10.3. The number of non-ortho nitro benzene ring substituents is 1. The van der Waals surface area contributed by atoms with Crippen LogP contribution < -0.4 is 4.74 Å². The molecule has 1 aliphatic carbocycles. The molecule has 25 heavy (non-hydrogen) atoms. The number of rotatable bonds is 7. The van der Waals surface area contributed by atoms with Crippen molar-refractivity contribution in [2.45, 2.75) is 30.3 Å². The van der Waals surface area contributed by atoms with Gasteiger partial charge in [0.25, 0.3) is 5.69 Å². The first kappa shape index (κ1) is 17.3. The molecule has 0 radical (unpaired) electrons. The summed E-state index contributed by atoms with van der Waals surface area (Å²) >= 11 is 0. The maximum absolute atomic E-state index is 13.1. The summed E-state index contributed by atoms with van der Waals surface area (Å²) in [5, 5.41) is 10.9. The number of aromatic nitrogens is 1. The van der Waals surface area contributed by atoms with E-state index in [9.17, 15) is 18.5 Å². The van der Waals surface area contributed by atoms with Crippen molar-refractivity contribution in [3.8, 4) is 5.75 Å². The SMILES string of the molecule is COc1cc([N+](=O)[O-])ccc1S(=O)(=O)N(Cc1cccnc1)C1CC1. The topological polar surface area (TPSA) is 103 Å². The zero-order valence-corrected chi connectivity index (χ0v) is 14.3. The highest BCUT2D eigenvalue weighted by atomic mass is 32.2. The number of methoxy groups -OCH3 is 1. The number of hydrogen-bond acceptors (Lipinski definition) is 6. The summed E-state index contributed by atoms with van der Waals surface area (Å²) in [6.07, 6.45) is 4.82. The fourth-order valence-corrected chi connectivity index (χ4v) is 4.37. The summed E-state index contributed by atoms with van der Waals surface area (Å²) in [6, 6.07) is 7.01. The fourth-order valence-electron chi connectivity index (χ4n) is 2.55. The van der Waals surface area contributed by atoms with E-state index in [2.05, 4.69) is 4.98 Å². The van der Waals surface area contributed by atoms with E-state index in [0.717, 1.165) is 24.5 Å². The molecule has 0 amide bonds. The predicted molar refractivity (Wildman–Crippen MR) is 89.6 cm³/mol. The summed E-state index contributed by atoms with van der Waals surface area (Å²) in [5.41, 5.74) is 0.555. The monoisotopic (exact) mass is 363 g/mol. The fraction of sp³-hybridized carbons (Fsp3) is 0.312. The molecule has 0 spiro atoms. The summed E-state index contributed by atoms with van der Waals surface area (Å²) < 4.78 is 32.8. The summed E-state index contributed by atoms with van der Waals surface area (Å²) in [4.78, 5) is 14.3. The van der Waals surface area contributed by atoms with Crippen molar-refractivity contribution in [2.24, 2.45) is 0 Å². The molecule has 2 aromatic rings. The van der Waals surface area contributed by atoms with Crippen LogP contribution in [0.3, 0.4) is 0 Å². The van der Waals surface area contributed by atoms with Gasteiger partial charge in [0.2, 0.25) is 10.0 Å². The lowest BCUT2D eigenvalue weighted by Gasteiger charge is -2.23. The van der Waals surface area contributed by atoms with Crippen LogP contribution in [0.2, 0.25) is 0 Å². The Labute approximate surface area is 145 Å². The van der Waals surface area contributed by atoms with E-state index in [0.29, 0.717) is 0 Å². The largest absolute Gasteiger partial charge is 0.495 e. The molecule has 1 saturated carbocycles. The molecule has 1 aliphatic rings. The molecule has 132 valence electrons. The number of nitro groups is 1. The minimum atomic E-state index is -3.86. The molecular weight excluding hydrogens is 346 g/mol. The van der Waals surface area contributed by atoms with Crippen molar-refractivity contribution in [2.75, 3.05) is 7.11 Å². The second kappa shape index (κ2) is 6.77. The van der Waals surface area contributed by atoms with Crippen LogP contribution in [0.5, 0.6) is 5.75 Å². The Hall–Kier alpha value is -2.52. The van der Waals surface area contributed by atoms with Crippen molar-refractivity contribution >= 4 is 15.7 Å². The quantitative estimate of drug-likeness (QED) is 0.553. The number of hydrogen-bond donors (Lipinski definition) is 0. The molecular formula is C16H17N3O5S. The molecule has 0 atom stereocenters. The smallest absolute Gasteiger partial charge is 0.273 e. The molecule has 0 aliphatic heterocycles. The maximum Gasteiger partial charge on any atom is 0.273 e.